The molecule has 1 fully saturated rings. The number of hydrogen-bond acceptors (Lipinski definition) is 4. The summed E-state index contributed by atoms with van der Waals surface area (Å²) < 4.78 is 0. The van der Waals surface area contributed by atoms with Crippen LogP contribution in [-0.4, -0.2) is 22.3 Å². The third-order valence-corrected chi connectivity index (χ3v) is 3.82. The summed E-state index contributed by atoms with van der Waals surface area (Å²) in [6.07, 6.45) is 5.50. The number of carbonyl (C=O) groups is 1. The zero-order valence-electron chi connectivity index (χ0n) is 10.9. The van der Waals surface area contributed by atoms with Gasteiger partial charge in [-0.25, -0.2) is 4.79 Å². The molecular weight excluding hydrogens is 248 g/mol. The van der Waals surface area contributed by atoms with Crippen molar-refractivity contribution < 1.29 is 4.79 Å². The molecule has 6 heteroatoms. The van der Waals surface area contributed by atoms with Crippen molar-refractivity contribution in [3.63, 3.8) is 0 Å². The van der Waals surface area contributed by atoms with E-state index in [1.54, 1.807) is 0 Å². The van der Waals surface area contributed by atoms with Crippen LogP contribution in [0.25, 0.3) is 0 Å². The van der Waals surface area contributed by atoms with E-state index >= 15 is 0 Å². The van der Waals surface area contributed by atoms with E-state index in [0.29, 0.717) is 17.1 Å². The van der Waals surface area contributed by atoms with Crippen molar-refractivity contribution >= 4 is 22.5 Å². The molecule has 5 nitrogen and oxygen atoms in total. The molecule has 2 amide bonds. The van der Waals surface area contributed by atoms with Crippen molar-refractivity contribution in [2.45, 2.75) is 52.0 Å². The number of urea groups is 1. The Bertz CT molecular complexity index is 399. The Balaban J connectivity index is 1.81. The fourth-order valence-electron chi connectivity index (χ4n) is 2.12. The van der Waals surface area contributed by atoms with Crippen LogP contribution in [-0.2, 0) is 6.42 Å². The second kappa shape index (κ2) is 6.13. The summed E-state index contributed by atoms with van der Waals surface area (Å²) in [5.74, 6) is 0.554. The van der Waals surface area contributed by atoms with Crippen LogP contribution >= 0.6 is 11.3 Å². The van der Waals surface area contributed by atoms with Gasteiger partial charge in [-0.2, -0.15) is 0 Å². The van der Waals surface area contributed by atoms with Crippen molar-refractivity contribution in [3.8, 4) is 0 Å². The zero-order valence-corrected chi connectivity index (χ0v) is 11.7. The molecule has 0 spiro atoms. The van der Waals surface area contributed by atoms with Crippen LogP contribution < -0.4 is 10.6 Å². The fourth-order valence-corrected chi connectivity index (χ4v) is 3.07. The molecule has 0 aliphatic heterocycles. The maximum atomic E-state index is 11.7. The second-order valence-corrected chi connectivity index (χ2v) is 6.24. The van der Waals surface area contributed by atoms with E-state index in [2.05, 4.69) is 34.7 Å². The summed E-state index contributed by atoms with van der Waals surface area (Å²) in [5, 5.41) is 15.3. The topological polar surface area (TPSA) is 66.9 Å². The molecule has 1 aromatic heterocycles. The number of hydrogen-bond donors (Lipinski definition) is 2. The van der Waals surface area contributed by atoms with E-state index in [-0.39, 0.29) is 6.03 Å². The monoisotopic (exact) mass is 268 g/mol. The average Bonchev–Trinajstić information content (AvgIpc) is 2.89. The predicted octanol–water partition coefficient (Wildman–Crippen LogP) is 2.80. The quantitative estimate of drug-likeness (QED) is 0.882. The number of amides is 2. The third-order valence-electron chi connectivity index (χ3n) is 2.96. The SMILES string of the molecule is CC(C)Cc1nnc(NC(=O)NC2CCCC2)s1. The van der Waals surface area contributed by atoms with Crippen LogP contribution in [0.4, 0.5) is 9.93 Å². The van der Waals surface area contributed by atoms with E-state index in [0.717, 1.165) is 24.3 Å². The molecule has 0 bridgehead atoms. The van der Waals surface area contributed by atoms with Crippen LogP contribution in [0, 0.1) is 5.92 Å². The average molecular weight is 268 g/mol. The Morgan fingerprint density at radius 1 is 1.39 bits per heavy atom. The highest BCUT2D eigenvalue weighted by Gasteiger charge is 2.17. The molecule has 1 aliphatic rings. The van der Waals surface area contributed by atoms with Crippen molar-refractivity contribution in [1.29, 1.82) is 0 Å². The smallest absolute Gasteiger partial charge is 0.321 e. The van der Waals surface area contributed by atoms with Gasteiger partial charge < -0.3 is 5.32 Å². The first-order valence-corrected chi connectivity index (χ1v) is 7.35. The van der Waals surface area contributed by atoms with E-state index in [9.17, 15) is 4.79 Å². The molecule has 2 rings (SSSR count). The van der Waals surface area contributed by atoms with E-state index in [1.807, 2.05) is 0 Å². The number of anilines is 1. The standard InChI is InChI=1S/C12H20N4OS/c1-8(2)7-10-15-16-12(18-10)14-11(17)13-9-5-3-4-6-9/h8-9H,3-7H2,1-2H3,(H2,13,14,16,17). The summed E-state index contributed by atoms with van der Waals surface area (Å²) in [7, 11) is 0. The Hall–Kier alpha value is -1.17. The Labute approximate surface area is 111 Å². The predicted molar refractivity (Wildman–Crippen MR) is 72.9 cm³/mol. The minimum atomic E-state index is -0.158. The maximum Gasteiger partial charge on any atom is 0.321 e. The highest BCUT2D eigenvalue weighted by atomic mass is 32.1. The molecule has 0 unspecified atom stereocenters. The molecule has 100 valence electrons. The van der Waals surface area contributed by atoms with Crippen molar-refractivity contribution in [2.75, 3.05) is 5.32 Å². The first-order chi connectivity index (χ1) is 8.63. The lowest BCUT2D eigenvalue weighted by molar-refractivity contribution is 0.248. The largest absolute Gasteiger partial charge is 0.335 e. The van der Waals surface area contributed by atoms with Crippen LogP contribution in [0.15, 0.2) is 0 Å². The molecule has 0 saturated heterocycles. The van der Waals surface area contributed by atoms with Gasteiger partial charge >= 0.3 is 6.03 Å². The van der Waals surface area contributed by atoms with Gasteiger partial charge in [0.15, 0.2) is 0 Å². The summed E-state index contributed by atoms with van der Waals surface area (Å²) in [5.41, 5.74) is 0. The summed E-state index contributed by atoms with van der Waals surface area (Å²) in [4.78, 5) is 11.7. The highest BCUT2D eigenvalue weighted by molar-refractivity contribution is 7.15. The normalized spacial score (nSPS) is 16.2. The van der Waals surface area contributed by atoms with Gasteiger partial charge in [0.25, 0.3) is 0 Å². The van der Waals surface area contributed by atoms with E-state index in [1.165, 1.54) is 24.2 Å². The molecule has 0 aromatic carbocycles. The van der Waals surface area contributed by atoms with Crippen LogP contribution in [0.3, 0.4) is 0 Å². The van der Waals surface area contributed by atoms with Crippen molar-refractivity contribution in [1.82, 2.24) is 15.5 Å². The Kier molecular flexibility index (Phi) is 4.52. The van der Waals surface area contributed by atoms with Crippen LogP contribution in [0.1, 0.15) is 44.5 Å². The van der Waals surface area contributed by atoms with Crippen molar-refractivity contribution in [2.24, 2.45) is 5.92 Å². The van der Waals surface area contributed by atoms with Gasteiger partial charge in [-0.05, 0) is 18.8 Å². The summed E-state index contributed by atoms with van der Waals surface area (Å²) >= 11 is 1.45. The molecule has 2 N–H and O–H groups in total. The van der Waals surface area contributed by atoms with Crippen LogP contribution in [0.5, 0.6) is 0 Å². The van der Waals surface area contributed by atoms with Gasteiger partial charge in [0.2, 0.25) is 5.13 Å². The van der Waals surface area contributed by atoms with Gasteiger partial charge in [0, 0.05) is 12.5 Å². The van der Waals surface area contributed by atoms with Gasteiger partial charge in [0.05, 0.1) is 0 Å². The molecule has 0 atom stereocenters. The molecule has 1 saturated carbocycles. The Morgan fingerprint density at radius 2 is 2.11 bits per heavy atom. The Morgan fingerprint density at radius 3 is 2.78 bits per heavy atom. The number of nitrogens with one attached hydrogen (secondary N) is 2. The second-order valence-electron chi connectivity index (χ2n) is 5.18. The van der Waals surface area contributed by atoms with Crippen LogP contribution in [0.2, 0.25) is 0 Å². The number of aromatic nitrogens is 2. The number of rotatable bonds is 4. The van der Waals surface area contributed by atoms with Gasteiger partial charge in [-0.1, -0.05) is 38.0 Å². The lowest BCUT2D eigenvalue weighted by Gasteiger charge is -2.11. The van der Waals surface area contributed by atoms with E-state index < -0.39 is 0 Å². The molecule has 18 heavy (non-hydrogen) atoms. The third kappa shape index (κ3) is 3.94. The molecule has 0 radical (unpaired) electrons. The summed E-state index contributed by atoms with van der Waals surface area (Å²) in [6.45, 7) is 4.28. The lowest BCUT2D eigenvalue weighted by atomic mass is 10.1. The molecule has 1 aromatic rings. The first-order valence-electron chi connectivity index (χ1n) is 6.53. The van der Waals surface area contributed by atoms with Gasteiger partial charge in [0.1, 0.15) is 5.01 Å². The molecular formula is C12H20N4OS. The minimum Gasteiger partial charge on any atom is -0.335 e. The fraction of sp³-hybridized carbons (Fsp3) is 0.750. The first kappa shape index (κ1) is 13.3. The van der Waals surface area contributed by atoms with E-state index in [4.69, 9.17) is 0 Å². The number of nitrogens with zero attached hydrogens (tertiary/aromatic N) is 2. The van der Waals surface area contributed by atoms with Gasteiger partial charge in [-0.15, -0.1) is 10.2 Å². The molecule has 1 heterocycles. The van der Waals surface area contributed by atoms with Crippen molar-refractivity contribution in [3.05, 3.63) is 5.01 Å². The minimum absolute atomic E-state index is 0.158. The maximum absolute atomic E-state index is 11.7. The lowest BCUT2D eigenvalue weighted by Crippen LogP contribution is -2.36. The highest BCUT2D eigenvalue weighted by Crippen LogP contribution is 2.19. The summed E-state index contributed by atoms with van der Waals surface area (Å²) in [6, 6.07) is 0.169. The van der Waals surface area contributed by atoms with Gasteiger partial charge in [-0.3, -0.25) is 5.32 Å². The number of carbonyl (C=O) groups excluding carboxylic acids is 1. The molecule has 1 aliphatic carbocycles. The zero-order chi connectivity index (χ0) is 13.0.